The smallest absolute Gasteiger partial charge is 0.275 e. The third-order valence-corrected chi connectivity index (χ3v) is 7.56. The van der Waals surface area contributed by atoms with Crippen molar-refractivity contribution in [1.82, 2.24) is 19.0 Å². The third-order valence-electron chi connectivity index (χ3n) is 4.06. The summed E-state index contributed by atoms with van der Waals surface area (Å²) in [4.78, 5) is 19.1. The molecular weight excluding hydrogens is 425 g/mol. The summed E-state index contributed by atoms with van der Waals surface area (Å²) in [6.45, 7) is 1.90. The zero-order chi connectivity index (χ0) is 21.4. The number of carbonyl (C=O) groups is 1. The molecule has 0 unspecified atom stereocenters. The van der Waals surface area contributed by atoms with Gasteiger partial charge in [0.2, 0.25) is 16.0 Å². The van der Waals surface area contributed by atoms with Crippen LogP contribution in [0.3, 0.4) is 0 Å². The molecule has 1 aliphatic rings. The number of nitrogens with zero attached hydrogens (tertiary/aromatic N) is 3. The number of anilines is 1. The highest BCUT2D eigenvalue weighted by molar-refractivity contribution is 7.93. The van der Waals surface area contributed by atoms with E-state index in [0.29, 0.717) is 11.4 Å². The predicted molar refractivity (Wildman–Crippen MR) is 101 cm³/mol. The van der Waals surface area contributed by atoms with Crippen molar-refractivity contribution in [2.45, 2.75) is 30.2 Å². The Hall–Kier alpha value is -2.64. The van der Waals surface area contributed by atoms with E-state index in [1.807, 2.05) is 0 Å². The molecule has 0 radical (unpaired) electrons. The zero-order valence-electron chi connectivity index (χ0n) is 15.5. The molecule has 0 atom stereocenters. The van der Waals surface area contributed by atoms with Crippen molar-refractivity contribution in [2.75, 3.05) is 18.5 Å². The zero-order valence-corrected chi connectivity index (χ0v) is 17.1. The number of rotatable bonds is 5. The van der Waals surface area contributed by atoms with Gasteiger partial charge in [-0.15, -0.1) is 0 Å². The number of benzene rings is 1. The Labute approximate surface area is 167 Å². The average Bonchev–Trinajstić information content (AvgIpc) is 2.84. The Bertz CT molecular complexity index is 1160. The van der Waals surface area contributed by atoms with Crippen molar-refractivity contribution in [2.24, 2.45) is 0 Å². The Morgan fingerprint density at radius 3 is 2.52 bits per heavy atom. The molecule has 29 heavy (non-hydrogen) atoms. The summed E-state index contributed by atoms with van der Waals surface area (Å²) in [7, 11) is -8.76. The summed E-state index contributed by atoms with van der Waals surface area (Å²) in [5.41, 5.74) is 1.34. The van der Waals surface area contributed by atoms with E-state index in [9.17, 15) is 26.0 Å². The van der Waals surface area contributed by atoms with E-state index < -0.39 is 49.1 Å². The number of aromatic nitrogens is 2. The van der Waals surface area contributed by atoms with Gasteiger partial charge in [-0.25, -0.2) is 40.7 Å². The minimum atomic E-state index is -4.55. The summed E-state index contributed by atoms with van der Waals surface area (Å²) in [6.07, 6.45) is 0. The lowest BCUT2D eigenvalue weighted by Gasteiger charge is -2.13. The van der Waals surface area contributed by atoms with Crippen molar-refractivity contribution in [3.63, 3.8) is 0 Å². The molecule has 2 N–H and O–H groups in total. The van der Waals surface area contributed by atoms with Gasteiger partial charge in [-0.2, -0.15) is 4.31 Å². The lowest BCUT2D eigenvalue weighted by atomic mass is 10.2. The quantitative estimate of drug-likeness (QED) is 0.705. The molecular formula is C16H18FN5O5S2. The van der Waals surface area contributed by atoms with Gasteiger partial charge < -0.3 is 0 Å². The molecule has 1 aliphatic heterocycles. The molecule has 156 valence electrons. The second-order valence-corrected chi connectivity index (χ2v) is 9.83. The van der Waals surface area contributed by atoms with Crippen LogP contribution in [0.15, 0.2) is 34.1 Å². The Morgan fingerprint density at radius 1 is 1.24 bits per heavy atom. The number of fused-ring (bicyclic) bond motifs is 1. The summed E-state index contributed by atoms with van der Waals surface area (Å²) in [5.74, 6) is -0.102. The van der Waals surface area contributed by atoms with Crippen molar-refractivity contribution >= 4 is 32.0 Å². The molecule has 1 aromatic heterocycles. The van der Waals surface area contributed by atoms with E-state index >= 15 is 0 Å². The standard InChI is InChI=1S/C16H18FN5O5S2/c1-10-8-11(2)19-15(18-10)20-16(23)21-28(24,25)13-5-3-4-12-9-22(7-6-17)29(26,27)14(12)13/h3-5,8H,6-7,9H2,1-2H3,(H2,18,19,20,21,23). The van der Waals surface area contributed by atoms with Crippen LogP contribution in [0.5, 0.6) is 0 Å². The second kappa shape index (κ2) is 7.65. The minimum absolute atomic E-state index is 0.102. The number of hydrogen-bond acceptors (Lipinski definition) is 7. The van der Waals surface area contributed by atoms with Gasteiger partial charge in [0.15, 0.2) is 0 Å². The summed E-state index contributed by atoms with van der Waals surface area (Å²) >= 11 is 0. The molecule has 13 heteroatoms. The van der Waals surface area contributed by atoms with Gasteiger partial charge in [-0.05, 0) is 31.5 Å². The Kier molecular flexibility index (Phi) is 5.56. The van der Waals surface area contributed by atoms with E-state index in [-0.39, 0.29) is 18.1 Å². The summed E-state index contributed by atoms with van der Waals surface area (Å²) in [6, 6.07) is 4.38. The molecule has 0 fully saturated rings. The maximum absolute atomic E-state index is 12.7. The lowest BCUT2D eigenvalue weighted by molar-refractivity contribution is 0.256. The molecule has 0 saturated heterocycles. The molecule has 2 aromatic rings. The number of aryl methyl sites for hydroxylation is 2. The van der Waals surface area contributed by atoms with Crippen LogP contribution in [0.4, 0.5) is 15.1 Å². The van der Waals surface area contributed by atoms with Crippen molar-refractivity contribution < 1.29 is 26.0 Å². The molecule has 1 aromatic carbocycles. The molecule has 3 rings (SSSR count). The van der Waals surface area contributed by atoms with E-state index in [4.69, 9.17) is 0 Å². The van der Waals surface area contributed by atoms with Crippen LogP contribution >= 0.6 is 0 Å². The first-order valence-corrected chi connectivity index (χ1v) is 11.3. The molecule has 0 aliphatic carbocycles. The highest BCUT2D eigenvalue weighted by atomic mass is 32.2. The van der Waals surface area contributed by atoms with E-state index in [1.54, 1.807) is 24.6 Å². The van der Waals surface area contributed by atoms with Crippen LogP contribution < -0.4 is 10.0 Å². The molecule has 0 spiro atoms. The fourth-order valence-electron chi connectivity index (χ4n) is 2.97. The number of sulfonamides is 2. The van der Waals surface area contributed by atoms with Gasteiger partial charge in [-0.1, -0.05) is 12.1 Å². The SMILES string of the molecule is Cc1cc(C)nc(NC(=O)NS(=O)(=O)c2cccc3c2S(=O)(=O)N(CCF)C3)n1. The van der Waals surface area contributed by atoms with Gasteiger partial charge in [0.1, 0.15) is 16.5 Å². The highest BCUT2D eigenvalue weighted by Gasteiger charge is 2.39. The van der Waals surface area contributed by atoms with E-state index in [2.05, 4.69) is 15.3 Å². The number of carbonyl (C=O) groups excluding carboxylic acids is 1. The van der Waals surface area contributed by atoms with Gasteiger partial charge in [0.05, 0.1) is 0 Å². The fraction of sp³-hybridized carbons (Fsp3) is 0.312. The van der Waals surface area contributed by atoms with Gasteiger partial charge in [0, 0.05) is 24.5 Å². The van der Waals surface area contributed by atoms with Gasteiger partial charge in [-0.3, -0.25) is 5.32 Å². The van der Waals surface area contributed by atoms with Gasteiger partial charge >= 0.3 is 6.03 Å². The van der Waals surface area contributed by atoms with Crippen LogP contribution in [0.25, 0.3) is 0 Å². The predicted octanol–water partition coefficient (Wildman–Crippen LogP) is 1.08. The maximum Gasteiger partial charge on any atom is 0.335 e. The van der Waals surface area contributed by atoms with Crippen molar-refractivity contribution in [1.29, 1.82) is 0 Å². The Balaban J connectivity index is 1.90. The van der Waals surface area contributed by atoms with Crippen LogP contribution in [-0.2, 0) is 26.6 Å². The first kappa shape index (κ1) is 21.1. The Morgan fingerprint density at radius 2 is 1.90 bits per heavy atom. The monoisotopic (exact) mass is 443 g/mol. The van der Waals surface area contributed by atoms with Crippen LogP contribution in [0.2, 0.25) is 0 Å². The van der Waals surface area contributed by atoms with Crippen molar-refractivity contribution in [3.8, 4) is 0 Å². The largest absolute Gasteiger partial charge is 0.335 e. The first-order chi connectivity index (χ1) is 13.5. The van der Waals surface area contributed by atoms with Crippen LogP contribution in [0, 0.1) is 13.8 Å². The summed E-state index contributed by atoms with van der Waals surface area (Å²) < 4.78 is 66.0. The molecule has 0 bridgehead atoms. The normalized spacial score (nSPS) is 15.7. The molecule has 2 amide bonds. The number of alkyl halides is 1. The fourth-order valence-corrected chi connectivity index (χ4v) is 6.32. The van der Waals surface area contributed by atoms with E-state index in [0.717, 1.165) is 10.4 Å². The second-order valence-electron chi connectivity index (χ2n) is 6.31. The summed E-state index contributed by atoms with van der Waals surface area (Å²) in [5, 5.41) is 2.21. The molecule has 0 saturated carbocycles. The average molecular weight is 443 g/mol. The third kappa shape index (κ3) is 4.21. The lowest BCUT2D eigenvalue weighted by Crippen LogP contribution is -2.36. The molecule has 2 heterocycles. The number of amides is 2. The molecule has 10 nitrogen and oxygen atoms in total. The number of nitrogens with one attached hydrogen (secondary N) is 2. The van der Waals surface area contributed by atoms with Crippen LogP contribution in [0.1, 0.15) is 17.0 Å². The number of hydrogen-bond donors (Lipinski definition) is 2. The van der Waals surface area contributed by atoms with Crippen LogP contribution in [-0.4, -0.2) is 50.4 Å². The van der Waals surface area contributed by atoms with Crippen molar-refractivity contribution in [3.05, 3.63) is 41.2 Å². The minimum Gasteiger partial charge on any atom is -0.275 e. The first-order valence-electron chi connectivity index (χ1n) is 8.38. The van der Waals surface area contributed by atoms with E-state index in [1.165, 1.54) is 12.1 Å². The highest BCUT2D eigenvalue weighted by Crippen LogP contribution is 2.35. The topological polar surface area (TPSA) is 138 Å². The van der Waals surface area contributed by atoms with Gasteiger partial charge in [0.25, 0.3) is 10.0 Å². The number of urea groups is 1. The number of halogens is 1. The maximum atomic E-state index is 12.7.